The van der Waals surface area contributed by atoms with Gasteiger partial charge >= 0.3 is 5.97 Å². The fourth-order valence-corrected chi connectivity index (χ4v) is 2.49. The Bertz CT molecular complexity index is 832. The molecule has 7 heteroatoms. The summed E-state index contributed by atoms with van der Waals surface area (Å²) in [5, 5.41) is 17.1. The minimum atomic E-state index is -1.07. The van der Waals surface area contributed by atoms with Crippen molar-refractivity contribution in [3.8, 4) is 5.69 Å². The lowest BCUT2D eigenvalue weighted by Crippen LogP contribution is -2.04. The standard InChI is InChI=1S/C13H7BrFN3O2/c14-9-6-7(15)4-5-11(9)18-12-8(13(19)20)2-1-3-10(12)16-17-18/h1-6H,(H,19,20). The summed E-state index contributed by atoms with van der Waals surface area (Å²) in [5.41, 5.74) is 1.43. The van der Waals surface area contributed by atoms with E-state index in [0.717, 1.165) is 0 Å². The van der Waals surface area contributed by atoms with Gasteiger partial charge in [0, 0.05) is 4.47 Å². The molecule has 1 aromatic heterocycles. The fraction of sp³-hybridized carbons (Fsp3) is 0. The second kappa shape index (κ2) is 4.68. The van der Waals surface area contributed by atoms with Gasteiger partial charge in [0.2, 0.25) is 0 Å². The van der Waals surface area contributed by atoms with Gasteiger partial charge in [0.1, 0.15) is 16.9 Å². The summed E-state index contributed by atoms with van der Waals surface area (Å²) in [5.74, 6) is -1.47. The number of para-hydroxylation sites is 1. The minimum Gasteiger partial charge on any atom is -0.478 e. The Kier molecular flexibility index (Phi) is 2.98. The first-order valence-corrected chi connectivity index (χ1v) is 6.40. The highest BCUT2D eigenvalue weighted by atomic mass is 79.9. The van der Waals surface area contributed by atoms with E-state index in [1.54, 1.807) is 12.1 Å². The molecule has 5 nitrogen and oxygen atoms in total. The van der Waals surface area contributed by atoms with E-state index in [2.05, 4.69) is 26.2 Å². The summed E-state index contributed by atoms with van der Waals surface area (Å²) in [6, 6.07) is 8.81. The maximum atomic E-state index is 13.1. The number of fused-ring (bicyclic) bond motifs is 1. The van der Waals surface area contributed by atoms with Gasteiger partial charge in [-0.15, -0.1) is 5.10 Å². The third-order valence-electron chi connectivity index (χ3n) is 2.84. The Morgan fingerprint density at radius 1 is 1.30 bits per heavy atom. The van der Waals surface area contributed by atoms with E-state index < -0.39 is 11.8 Å². The molecule has 0 unspecified atom stereocenters. The molecular weight excluding hydrogens is 329 g/mol. The number of carboxylic acids is 1. The zero-order valence-corrected chi connectivity index (χ0v) is 11.5. The van der Waals surface area contributed by atoms with Crippen molar-refractivity contribution in [2.24, 2.45) is 0 Å². The number of aromatic carboxylic acids is 1. The van der Waals surface area contributed by atoms with Crippen molar-refractivity contribution in [3.05, 3.63) is 52.3 Å². The van der Waals surface area contributed by atoms with Crippen molar-refractivity contribution in [1.29, 1.82) is 0 Å². The smallest absolute Gasteiger partial charge is 0.337 e. The highest BCUT2D eigenvalue weighted by Crippen LogP contribution is 2.26. The number of carboxylic acid groups (broad SMARTS) is 1. The predicted octanol–water partition coefficient (Wildman–Crippen LogP) is 3.02. The van der Waals surface area contributed by atoms with Gasteiger partial charge in [-0.25, -0.2) is 13.9 Å². The van der Waals surface area contributed by atoms with E-state index in [-0.39, 0.29) is 5.56 Å². The highest BCUT2D eigenvalue weighted by molar-refractivity contribution is 9.10. The van der Waals surface area contributed by atoms with Crippen LogP contribution in [0.3, 0.4) is 0 Å². The van der Waals surface area contributed by atoms with Crippen LogP contribution in [0.5, 0.6) is 0 Å². The molecule has 2 aromatic carbocycles. The number of hydrogen-bond donors (Lipinski definition) is 1. The Morgan fingerprint density at radius 2 is 2.10 bits per heavy atom. The summed E-state index contributed by atoms with van der Waals surface area (Å²) >= 11 is 3.24. The van der Waals surface area contributed by atoms with Crippen LogP contribution in [0, 0.1) is 5.82 Å². The van der Waals surface area contributed by atoms with Crippen molar-refractivity contribution >= 4 is 32.9 Å². The number of carbonyl (C=O) groups is 1. The second-order valence-electron chi connectivity index (χ2n) is 4.08. The first kappa shape index (κ1) is 12.7. The van der Waals surface area contributed by atoms with Crippen molar-refractivity contribution in [1.82, 2.24) is 15.0 Å². The van der Waals surface area contributed by atoms with Gasteiger partial charge in [0.25, 0.3) is 0 Å². The Morgan fingerprint density at radius 3 is 2.80 bits per heavy atom. The van der Waals surface area contributed by atoms with Crippen LogP contribution in [0.4, 0.5) is 4.39 Å². The number of aromatic nitrogens is 3. The molecule has 0 amide bonds. The summed E-state index contributed by atoms with van der Waals surface area (Å²) in [6.45, 7) is 0. The van der Waals surface area contributed by atoms with Gasteiger partial charge in [0.15, 0.2) is 0 Å². The zero-order valence-electron chi connectivity index (χ0n) is 9.92. The van der Waals surface area contributed by atoms with Crippen LogP contribution in [0.15, 0.2) is 40.9 Å². The molecule has 1 N–H and O–H groups in total. The Labute approximate surface area is 120 Å². The molecule has 0 saturated heterocycles. The molecule has 20 heavy (non-hydrogen) atoms. The number of hydrogen-bond acceptors (Lipinski definition) is 3. The Balaban J connectivity index is 2.34. The van der Waals surface area contributed by atoms with Gasteiger partial charge in [-0.1, -0.05) is 11.3 Å². The van der Waals surface area contributed by atoms with E-state index in [1.165, 1.54) is 28.9 Å². The van der Waals surface area contributed by atoms with E-state index in [4.69, 9.17) is 0 Å². The average molecular weight is 336 g/mol. The second-order valence-corrected chi connectivity index (χ2v) is 4.93. The minimum absolute atomic E-state index is 0.0868. The molecule has 0 aliphatic heterocycles. The number of benzene rings is 2. The first-order valence-electron chi connectivity index (χ1n) is 5.61. The van der Waals surface area contributed by atoms with Crippen LogP contribution in [0.2, 0.25) is 0 Å². The van der Waals surface area contributed by atoms with Gasteiger partial charge in [-0.2, -0.15) is 0 Å². The topological polar surface area (TPSA) is 68.0 Å². The van der Waals surface area contributed by atoms with Crippen molar-refractivity contribution in [2.75, 3.05) is 0 Å². The van der Waals surface area contributed by atoms with Crippen molar-refractivity contribution in [3.63, 3.8) is 0 Å². The zero-order chi connectivity index (χ0) is 14.3. The van der Waals surface area contributed by atoms with Gasteiger partial charge in [-0.05, 0) is 46.3 Å². The maximum absolute atomic E-state index is 13.1. The van der Waals surface area contributed by atoms with Crippen LogP contribution in [-0.4, -0.2) is 26.1 Å². The van der Waals surface area contributed by atoms with Crippen LogP contribution in [0.25, 0.3) is 16.7 Å². The van der Waals surface area contributed by atoms with Crippen molar-refractivity contribution in [2.45, 2.75) is 0 Å². The first-order chi connectivity index (χ1) is 9.58. The lowest BCUT2D eigenvalue weighted by Gasteiger charge is -2.06. The third kappa shape index (κ3) is 1.96. The lowest BCUT2D eigenvalue weighted by molar-refractivity contribution is 0.0698. The molecule has 1 heterocycles. The third-order valence-corrected chi connectivity index (χ3v) is 3.47. The molecular formula is C13H7BrFN3O2. The number of halogens is 2. The SMILES string of the molecule is O=C(O)c1cccc2nnn(-c3ccc(F)cc3Br)c12. The van der Waals surface area contributed by atoms with Gasteiger partial charge < -0.3 is 5.11 Å². The molecule has 0 bridgehead atoms. The molecule has 0 saturated carbocycles. The summed E-state index contributed by atoms with van der Waals surface area (Å²) in [4.78, 5) is 11.3. The Hall–Kier alpha value is -2.28. The average Bonchev–Trinajstić information content (AvgIpc) is 2.82. The number of rotatable bonds is 2. The molecule has 3 rings (SSSR count). The lowest BCUT2D eigenvalue weighted by atomic mass is 10.2. The summed E-state index contributed by atoms with van der Waals surface area (Å²) < 4.78 is 15.0. The molecule has 0 aliphatic carbocycles. The summed E-state index contributed by atoms with van der Waals surface area (Å²) in [7, 11) is 0. The molecule has 0 spiro atoms. The van der Waals surface area contributed by atoms with E-state index >= 15 is 0 Å². The molecule has 0 fully saturated rings. The van der Waals surface area contributed by atoms with Crippen LogP contribution >= 0.6 is 15.9 Å². The quantitative estimate of drug-likeness (QED) is 0.781. The normalized spacial score (nSPS) is 10.9. The predicted molar refractivity (Wildman–Crippen MR) is 73.5 cm³/mol. The molecule has 0 radical (unpaired) electrons. The van der Waals surface area contributed by atoms with Gasteiger partial charge in [-0.3, -0.25) is 0 Å². The fourth-order valence-electron chi connectivity index (χ4n) is 1.97. The van der Waals surface area contributed by atoms with Crippen LogP contribution in [-0.2, 0) is 0 Å². The number of nitrogens with zero attached hydrogens (tertiary/aromatic N) is 3. The molecule has 0 aliphatic rings. The molecule has 3 aromatic rings. The van der Waals surface area contributed by atoms with Crippen LogP contribution in [0.1, 0.15) is 10.4 Å². The van der Waals surface area contributed by atoms with Crippen molar-refractivity contribution < 1.29 is 14.3 Å². The van der Waals surface area contributed by atoms with E-state index in [9.17, 15) is 14.3 Å². The molecule has 100 valence electrons. The van der Waals surface area contributed by atoms with Gasteiger partial charge in [0.05, 0.1) is 11.3 Å². The van der Waals surface area contributed by atoms with E-state index in [1.807, 2.05) is 0 Å². The monoisotopic (exact) mass is 335 g/mol. The maximum Gasteiger partial charge on any atom is 0.337 e. The molecule has 0 atom stereocenters. The summed E-state index contributed by atoms with van der Waals surface area (Å²) in [6.07, 6.45) is 0. The highest BCUT2D eigenvalue weighted by Gasteiger charge is 2.17. The largest absolute Gasteiger partial charge is 0.478 e. The van der Waals surface area contributed by atoms with Crippen LogP contribution < -0.4 is 0 Å². The van der Waals surface area contributed by atoms with E-state index in [0.29, 0.717) is 21.2 Å².